The van der Waals surface area contributed by atoms with Gasteiger partial charge >= 0.3 is 0 Å². The lowest BCUT2D eigenvalue weighted by atomic mass is 10.2. The third kappa shape index (κ3) is 1.99. The Morgan fingerprint density at radius 2 is 2.05 bits per heavy atom. The van der Waals surface area contributed by atoms with Gasteiger partial charge in [0, 0.05) is 5.02 Å². The van der Waals surface area contributed by atoms with Gasteiger partial charge in [-0.1, -0.05) is 11.6 Å². The molecular formula is C14H7ClFN3S. The number of nitriles is 1. The van der Waals surface area contributed by atoms with E-state index < -0.39 is 5.82 Å². The van der Waals surface area contributed by atoms with E-state index in [0.29, 0.717) is 15.5 Å². The lowest BCUT2D eigenvalue weighted by Gasteiger charge is -2.06. The molecule has 0 saturated carbocycles. The van der Waals surface area contributed by atoms with Crippen LogP contribution in [0.3, 0.4) is 0 Å². The van der Waals surface area contributed by atoms with Gasteiger partial charge in [-0.2, -0.15) is 5.26 Å². The Morgan fingerprint density at radius 1 is 1.25 bits per heavy atom. The number of fused-ring (bicyclic) bond motifs is 1. The van der Waals surface area contributed by atoms with Crippen molar-refractivity contribution in [1.82, 2.24) is 9.55 Å². The monoisotopic (exact) mass is 303 g/mol. The molecule has 2 aromatic carbocycles. The molecule has 0 aliphatic heterocycles. The molecule has 0 fully saturated rings. The lowest BCUT2D eigenvalue weighted by Crippen LogP contribution is -1.98. The third-order valence-electron chi connectivity index (χ3n) is 2.96. The SMILES string of the molecule is N#Cc1ccc(-n2c(=S)[nH]c3cc(Cl)ccc32)c(F)c1. The van der Waals surface area contributed by atoms with Gasteiger partial charge in [-0.05, 0) is 48.6 Å². The van der Waals surface area contributed by atoms with Gasteiger partial charge in [0.1, 0.15) is 5.82 Å². The molecule has 0 bridgehead atoms. The molecule has 98 valence electrons. The summed E-state index contributed by atoms with van der Waals surface area (Å²) >= 11 is 11.2. The zero-order valence-electron chi connectivity index (χ0n) is 10.0. The summed E-state index contributed by atoms with van der Waals surface area (Å²) in [6.07, 6.45) is 0. The van der Waals surface area contributed by atoms with Crippen LogP contribution in [0.2, 0.25) is 5.02 Å². The van der Waals surface area contributed by atoms with Crippen molar-refractivity contribution in [2.75, 3.05) is 0 Å². The summed E-state index contributed by atoms with van der Waals surface area (Å²) in [5.74, 6) is -0.504. The maximum Gasteiger partial charge on any atom is 0.182 e. The predicted octanol–water partition coefficient (Wildman–Crippen LogP) is 4.35. The Bertz CT molecular complexity index is 920. The predicted molar refractivity (Wildman–Crippen MR) is 78.1 cm³/mol. The molecule has 0 saturated heterocycles. The smallest absolute Gasteiger partial charge is 0.182 e. The summed E-state index contributed by atoms with van der Waals surface area (Å²) in [6, 6.07) is 11.4. The number of nitrogens with zero attached hydrogens (tertiary/aromatic N) is 2. The first-order valence-electron chi connectivity index (χ1n) is 5.70. The Balaban J connectivity index is 2.33. The van der Waals surface area contributed by atoms with Crippen LogP contribution in [0.15, 0.2) is 36.4 Å². The van der Waals surface area contributed by atoms with Gasteiger partial charge in [0.15, 0.2) is 4.77 Å². The van der Waals surface area contributed by atoms with Gasteiger partial charge < -0.3 is 4.98 Å². The van der Waals surface area contributed by atoms with Gasteiger partial charge in [0.05, 0.1) is 28.4 Å². The molecule has 0 aliphatic rings. The molecule has 20 heavy (non-hydrogen) atoms. The van der Waals surface area contributed by atoms with E-state index in [0.717, 1.165) is 11.0 Å². The zero-order chi connectivity index (χ0) is 14.3. The molecule has 6 heteroatoms. The highest BCUT2D eigenvalue weighted by atomic mass is 35.5. The number of hydrogen-bond donors (Lipinski definition) is 1. The Kier molecular flexibility index (Phi) is 3.05. The second-order valence-corrected chi connectivity index (χ2v) is 5.03. The maximum absolute atomic E-state index is 14.1. The van der Waals surface area contributed by atoms with E-state index in [1.165, 1.54) is 12.1 Å². The number of halogens is 2. The van der Waals surface area contributed by atoms with Crippen molar-refractivity contribution in [2.45, 2.75) is 0 Å². The van der Waals surface area contributed by atoms with Crippen molar-refractivity contribution >= 4 is 34.9 Å². The van der Waals surface area contributed by atoms with Crippen LogP contribution < -0.4 is 0 Å². The van der Waals surface area contributed by atoms with Crippen molar-refractivity contribution in [2.24, 2.45) is 0 Å². The molecule has 1 heterocycles. The molecule has 0 amide bonds. The first-order valence-corrected chi connectivity index (χ1v) is 6.49. The van der Waals surface area contributed by atoms with Crippen LogP contribution in [0.4, 0.5) is 4.39 Å². The summed E-state index contributed by atoms with van der Waals surface area (Å²) < 4.78 is 16.1. The Morgan fingerprint density at radius 3 is 2.75 bits per heavy atom. The van der Waals surface area contributed by atoms with E-state index in [2.05, 4.69) is 4.98 Å². The number of rotatable bonds is 1. The second-order valence-electron chi connectivity index (χ2n) is 4.21. The van der Waals surface area contributed by atoms with Crippen LogP contribution >= 0.6 is 23.8 Å². The number of imidazole rings is 1. The molecule has 1 aromatic heterocycles. The number of hydrogen-bond acceptors (Lipinski definition) is 2. The van der Waals surface area contributed by atoms with E-state index in [-0.39, 0.29) is 5.56 Å². The van der Waals surface area contributed by atoms with Crippen LogP contribution in [0.25, 0.3) is 16.7 Å². The summed E-state index contributed by atoms with van der Waals surface area (Å²) in [5, 5.41) is 9.35. The van der Waals surface area contributed by atoms with Crippen LogP contribution in [-0.2, 0) is 0 Å². The summed E-state index contributed by atoms with van der Waals surface area (Å²) in [7, 11) is 0. The summed E-state index contributed by atoms with van der Waals surface area (Å²) in [6.45, 7) is 0. The zero-order valence-corrected chi connectivity index (χ0v) is 11.6. The molecule has 3 nitrogen and oxygen atoms in total. The first kappa shape index (κ1) is 12.9. The van der Waals surface area contributed by atoms with Gasteiger partial charge in [0.25, 0.3) is 0 Å². The average Bonchev–Trinajstić information content (AvgIpc) is 2.73. The van der Waals surface area contributed by atoms with Crippen molar-refractivity contribution in [3.8, 4) is 11.8 Å². The first-order chi connectivity index (χ1) is 9.60. The summed E-state index contributed by atoms with van der Waals surface area (Å²) in [5.41, 5.74) is 2.01. The van der Waals surface area contributed by atoms with E-state index in [1.807, 2.05) is 6.07 Å². The van der Waals surface area contributed by atoms with Gasteiger partial charge in [-0.3, -0.25) is 4.57 Å². The highest BCUT2D eigenvalue weighted by Gasteiger charge is 2.11. The van der Waals surface area contributed by atoms with Crippen molar-refractivity contribution in [1.29, 1.82) is 5.26 Å². The summed E-state index contributed by atoms with van der Waals surface area (Å²) in [4.78, 5) is 2.98. The Hall–Kier alpha value is -2.16. The third-order valence-corrected chi connectivity index (χ3v) is 3.48. The number of H-pyrrole nitrogens is 1. The van der Waals surface area contributed by atoms with Gasteiger partial charge in [-0.15, -0.1) is 0 Å². The fraction of sp³-hybridized carbons (Fsp3) is 0. The molecule has 0 unspecified atom stereocenters. The number of benzene rings is 2. The van der Waals surface area contributed by atoms with E-state index in [4.69, 9.17) is 29.1 Å². The highest BCUT2D eigenvalue weighted by Crippen LogP contribution is 2.24. The minimum atomic E-state index is -0.504. The van der Waals surface area contributed by atoms with E-state index in [1.54, 1.807) is 28.8 Å². The highest BCUT2D eigenvalue weighted by molar-refractivity contribution is 7.71. The van der Waals surface area contributed by atoms with E-state index >= 15 is 0 Å². The van der Waals surface area contributed by atoms with Crippen molar-refractivity contribution in [3.05, 3.63) is 57.6 Å². The lowest BCUT2D eigenvalue weighted by molar-refractivity contribution is 0.618. The minimum Gasteiger partial charge on any atom is -0.330 e. The second kappa shape index (κ2) is 4.75. The van der Waals surface area contributed by atoms with Crippen LogP contribution in [0.5, 0.6) is 0 Å². The molecule has 0 radical (unpaired) electrons. The van der Waals surface area contributed by atoms with Crippen LogP contribution in [0.1, 0.15) is 5.56 Å². The number of aromatic nitrogens is 2. The largest absolute Gasteiger partial charge is 0.330 e. The van der Waals surface area contributed by atoms with Crippen LogP contribution in [-0.4, -0.2) is 9.55 Å². The van der Waals surface area contributed by atoms with E-state index in [9.17, 15) is 4.39 Å². The molecular weight excluding hydrogens is 297 g/mol. The Labute approximate surface area is 123 Å². The molecule has 3 aromatic rings. The standard InChI is InChI=1S/C14H7ClFN3S/c15-9-2-4-13-11(6-9)18-14(20)19(13)12-3-1-8(7-17)5-10(12)16/h1-6H,(H,18,20). The molecule has 3 rings (SSSR count). The molecule has 1 N–H and O–H groups in total. The van der Waals surface area contributed by atoms with Gasteiger partial charge in [-0.25, -0.2) is 4.39 Å². The maximum atomic E-state index is 14.1. The molecule has 0 aliphatic carbocycles. The quantitative estimate of drug-likeness (QED) is 0.679. The fourth-order valence-corrected chi connectivity index (χ4v) is 2.56. The normalized spacial score (nSPS) is 10.7. The molecule has 0 spiro atoms. The van der Waals surface area contributed by atoms with Gasteiger partial charge in [0.2, 0.25) is 0 Å². The van der Waals surface area contributed by atoms with Crippen molar-refractivity contribution in [3.63, 3.8) is 0 Å². The minimum absolute atomic E-state index is 0.264. The van der Waals surface area contributed by atoms with Crippen LogP contribution in [0, 0.1) is 21.9 Å². The van der Waals surface area contributed by atoms with Crippen molar-refractivity contribution < 1.29 is 4.39 Å². The molecule has 0 atom stereocenters. The fourth-order valence-electron chi connectivity index (χ4n) is 2.08. The average molecular weight is 304 g/mol. The number of nitrogens with one attached hydrogen (secondary N) is 1. The topological polar surface area (TPSA) is 44.5 Å². The number of aromatic amines is 1.